The number of hydrogen-bond acceptors (Lipinski definition) is 8. The van der Waals surface area contributed by atoms with Crippen molar-refractivity contribution in [1.29, 1.82) is 0 Å². The van der Waals surface area contributed by atoms with E-state index >= 15 is 0 Å². The summed E-state index contributed by atoms with van der Waals surface area (Å²) in [5, 5.41) is 3.01. The van der Waals surface area contributed by atoms with Crippen molar-refractivity contribution < 1.29 is 32.2 Å². The van der Waals surface area contributed by atoms with E-state index in [1.165, 1.54) is 23.0 Å². The van der Waals surface area contributed by atoms with E-state index in [1.54, 1.807) is 13.2 Å². The lowest BCUT2D eigenvalue weighted by atomic mass is 10.1. The highest BCUT2D eigenvalue weighted by molar-refractivity contribution is 6.01. The zero-order valence-corrected chi connectivity index (χ0v) is 23.2. The number of nitrogens with one attached hydrogen (secondary N) is 1. The third-order valence-corrected chi connectivity index (χ3v) is 8.30. The molecule has 1 aliphatic carbocycles. The van der Waals surface area contributed by atoms with Gasteiger partial charge in [0.25, 0.3) is 5.56 Å². The standard InChI is InChI=1S/C29H32F3N5O5/c1-40-21-3-2-10-35(17-21)19-4-6-22-23(15-19)33-18-37(26(22)38)20-5-7-25(42-29(30,31)32)24(16-20)34-27(39)28(8-9-28)36-11-13-41-14-12-36/h4-7,15-16,18,21H,2-3,8-14,17H2,1H3,(H,34,39). The fraction of sp³-hybridized carbons (Fsp3) is 0.483. The number of ether oxygens (including phenoxy) is 3. The van der Waals surface area contributed by atoms with Gasteiger partial charge in [-0.3, -0.25) is 19.1 Å². The Kier molecular flexibility index (Phi) is 7.58. The van der Waals surface area contributed by atoms with Gasteiger partial charge in [-0.15, -0.1) is 13.2 Å². The summed E-state index contributed by atoms with van der Waals surface area (Å²) >= 11 is 0. The summed E-state index contributed by atoms with van der Waals surface area (Å²) in [4.78, 5) is 35.6. The predicted octanol–water partition coefficient (Wildman–Crippen LogP) is 3.70. The molecule has 42 heavy (non-hydrogen) atoms. The molecule has 1 amide bonds. The van der Waals surface area contributed by atoms with E-state index in [0.29, 0.717) is 50.0 Å². The first-order valence-corrected chi connectivity index (χ1v) is 14.0. The second kappa shape index (κ2) is 11.2. The number of piperidine rings is 1. The fourth-order valence-corrected chi connectivity index (χ4v) is 5.87. The third-order valence-electron chi connectivity index (χ3n) is 8.30. The van der Waals surface area contributed by atoms with Crippen LogP contribution in [-0.2, 0) is 14.3 Å². The second-order valence-corrected chi connectivity index (χ2v) is 10.9. The van der Waals surface area contributed by atoms with Crippen molar-refractivity contribution in [2.45, 2.75) is 43.7 Å². The number of morpholine rings is 1. The molecule has 10 nitrogen and oxygen atoms in total. The first kappa shape index (κ1) is 28.4. The lowest BCUT2D eigenvalue weighted by molar-refractivity contribution is -0.274. The number of benzene rings is 2. The van der Waals surface area contributed by atoms with Crippen LogP contribution in [0.5, 0.6) is 5.75 Å². The highest BCUT2D eigenvalue weighted by atomic mass is 19.4. The molecule has 1 N–H and O–H groups in total. The number of hydrogen-bond donors (Lipinski definition) is 1. The maximum atomic E-state index is 13.5. The van der Waals surface area contributed by atoms with Gasteiger partial charge < -0.3 is 24.4 Å². The number of rotatable bonds is 7. The zero-order chi connectivity index (χ0) is 29.5. The summed E-state index contributed by atoms with van der Waals surface area (Å²) < 4.78 is 56.1. The Balaban J connectivity index is 1.31. The van der Waals surface area contributed by atoms with Gasteiger partial charge in [0.1, 0.15) is 11.9 Å². The Labute approximate surface area is 240 Å². The van der Waals surface area contributed by atoms with Gasteiger partial charge in [-0.2, -0.15) is 0 Å². The van der Waals surface area contributed by atoms with E-state index in [9.17, 15) is 22.8 Å². The molecule has 224 valence electrons. The molecule has 3 aromatic rings. The molecule has 0 radical (unpaired) electrons. The summed E-state index contributed by atoms with van der Waals surface area (Å²) in [5.74, 6) is -0.988. The zero-order valence-electron chi connectivity index (χ0n) is 23.2. The number of alkyl halides is 3. The van der Waals surface area contributed by atoms with E-state index < -0.39 is 29.1 Å². The van der Waals surface area contributed by atoms with E-state index in [0.717, 1.165) is 37.7 Å². The van der Waals surface area contributed by atoms with Crippen LogP contribution < -0.4 is 20.5 Å². The van der Waals surface area contributed by atoms with E-state index in [-0.39, 0.29) is 17.5 Å². The SMILES string of the molecule is COC1CCCN(c2ccc3c(=O)n(-c4ccc(OC(F)(F)F)c(NC(=O)C5(N6CCOCC6)CC5)c4)cnc3c2)C1. The van der Waals surface area contributed by atoms with Gasteiger partial charge in [-0.1, -0.05) is 0 Å². The van der Waals surface area contributed by atoms with E-state index in [1.807, 2.05) is 17.0 Å². The fourth-order valence-electron chi connectivity index (χ4n) is 5.87. The lowest BCUT2D eigenvalue weighted by Gasteiger charge is -2.34. The van der Waals surface area contributed by atoms with Crippen LogP contribution in [0.4, 0.5) is 24.5 Å². The van der Waals surface area contributed by atoms with Gasteiger partial charge in [-0.05, 0) is 62.1 Å². The summed E-state index contributed by atoms with van der Waals surface area (Å²) in [6.07, 6.45) is -0.332. The molecule has 0 spiro atoms. The number of carbonyl (C=O) groups excluding carboxylic acids is 1. The number of halogens is 3. The Morgan fingerprint density at radius 3 is 2.57 bits per heavy atom. The predicted molar refractivity (Wildman–Crippen MR) is 149 cm³/mol. The smallest absolute Gasteiger partial charge is 0.404 e. The minimum atomic E-state index is -4.97. The Hall–Kier alpha value is -3.68. The van der Waals surface area contributed by atoms with Crippen LogP contribution in [0.3, 0.4) is 0 Å². The van der Waals surface area contributed by atoms with Crippen molar-refractivity contribution in [2.24, 2.45) is 0 Å². The molecule has 3 heterocycles. The number of methoxy groups -OCH3 is 1. The lowest BCUT2D eigenvalue weighted by Crippen LogP contribution is -2.51. The first-order chi connectivity index (χ1) is 20.2. The Bertz CT molecular complexity index is 1530. The van der Waals surface area contributed by atoms with Gasteiger partial charge >= 0.3 is 6.36 Å². The summed E-state index contributed by atoms with van der Waals surface area (Å²) in [6.45, 7) is 3.70. The molecule has 1 atom stereocenters. The molecule has 3 fully saturated rings. The molecule has 2 aromatic carbocycles. The van der Waals surface area contributed by atoms with Crippen molar-refractivity contribution in [1.82, 2.24) is 14.5 Å². The van der Waals surface area contributed by atoms with Crippen molar-refractivity contribution in [3.8, 4) is 11.4 Å². The summed E-state index contributed by atoms with van der Waals surface area (Å²) in [5.41, 5.74) is 0.287. The number of fused-ring (bicyclic) bond motifs is 1. The van der Waals surface area contributed by atoms with Crippen LogP contribution in [0.25, 0.3) is 16.6 Å². The van der Waals surface area contributed by atoms with Crippen LogP contribution in [0.1, 0.15) is 25.7 Å². The van der Waals surface area contributed by atoms with Gasteiger partial charge in [0.15, 0.2) is 5.75 Å². The maximum Gasteiger partial charge on any atom is 0.573 e. The molecular weight excluding hydrogens is 555 g/mol. The van der Waals surface area contributed by atoms with Gasteiger partial charge in [0.2, 0.25) is 5.91 Å². The highest BCUT2D eigenvalue weighted by Crippen LogP contribution is 2.44. The van der Waals surface area contributed by atoms with Gasteiger partial charge in [0.05, 0.1) is 41.6 Å². The number of nitrogens with zero attached hydrogens (tertiary/aromatic N) is 4. The first-order valence-electron chi connectivity index (χ1n) is 14.0. The molecule has 3 aliphatic rings. The topological polar surface area (TPSA) is 98.2 Å². The van der Waals surface area contributed by atoms with E-state index in [4.69, 9.17) is 9.47 Å². The molecule has 6 rings (SSSR count). The van der Waals surface area contributed by atoms with Crippen molar-refractivity contribution in [3.63, 3.8) is 0 Å². The van der Waals surface area contributed by atoms with Crippen LogP contribution >= 0.6 is 0 Å². The average molecular weight is 588 g/mol. The number of carbonyl (C=O) groups is 1. The second-order valence-electron chi connectivity index (χ2n) is 10.9. The molecule has 2 aliphatic heterocycles. The number of anilines is 2. The maximum absolute atomic E-state index is 13.5. The quantitative estimate of drug-likeness (QED) is 0.447. The van der Waals surface area contributed by atoms with Crippen LogP contribution in [-0.4, -0.2) is 84.9 Å². The number of aromatic nitrogens is 2. The summed E-state index contributed by atoms with van der Waals surface area (Å²) in [6, 6.07) is 9.14. The van der Waals surface area contributed by atoms with Gasteiger partial charge in [-0.25, -0.2) is 4.98 Å². The van der Waals surface area contributed by atoms with Crippen LogP contribution in [0.15, 0.2) is 47.5 Å². The molecule has 1 saturated carbocycles. The molecule has 1 unspecified atom stereocenters. The molecule has 2 saturated heterocycles. The average Bonchev–Trinajstić information content (AvgIpc) is 3.80. The largest absolute Gasteiger partial charge is 0.573 e. The Morgan fingerprint density at radius 2 is 1.86 bits per heavy atom. The minimum Gasteiger partial charge on any atom is -0.404 e. The Morgan fingerprint density at radius 1 is 1.10 bits per heavy atom. The van der Waals surface area contributed by atoms with Crippen molar-refractivity contribution >= 4 is 28.2 Å². The minimum absolute atomic E-state index is 0.137. The highest BCUT2D eigenvalue weighted by Gasteiger charge is 2.54. The van der Waals surface area contributed by atoms with Crippen LogP contribution in [0, 0.1) is 0 Å². The third kappa shape index (κ3) is 5.68. The molecule has 1 aromatic heterocycles. The van der Waals surface area contributed by atoms with E-state index in [2.05, 4.69) is 19.9 Å². The monoisotopic (exact) mass is 587 g/mol. The molecule has 13 heteroatoms. The number of amides is 1. The molecule has 0 bridgehead atoms. The van der Waals surface area contributed by atoms with Crippen molar-refractivity contribution in [2.75, 3.05) is 56.7 Å². The van der Waals surface area contributed by atoms with Crippen LogP contribution in [0.2, 0.25) is 0 Å². The van der Waals surface area contributed by atoms with Crippen molar-refractivity contribution in [3.05, 3.63) is 53.1 Å². The normalized spacial score (nSPS) is 20.9. The summed E-state index contributed by atoms with van der Waals surface area (Å²) in [7, 11) is 1.70. The molecular formula is C29H32F3N5O5. The van der Waals surface area contributed by atoms with Gasteiger partial charge in [0, 0.05) is 39.0 Å².